The molecule has 352 valence electrons. The van der Waals surface area contributed by atoms with Crippen molar-refractivity contribution in [2.75, 3.05) is 32.6 Å². The van der Waals surface area contributed by atoms with Crippen LogP contribution in [-0.2, 0) is 12.8 Å². The van der Waals surface area contributed by atoms with Crippen molar-refractivity contribution in [3.8, 4) is 34.5 Å². The number of nitrogens with zero attached hydrogens (tertiary/aromatic N) is 12. The monoisotopic (exact) mass is 962 g/mol. The number of fused-ring (bicyclic) bond motifs is 2. The highest BCUT2D eigenvalue weighted by atomic mass is 35.5. The van der Waals surface area contributed by atoms with Crippen LogP contribution < -0.4 is 20.5 Å². The fourth-order valence-corrected chi connectivity index (χ4v) is 5.91. The smallest absolute Gasteiger partial charge is 0.416 e. The lowest BCUT2D eigenvalue weighted by molar-refractivity contribution is -0.200. The summed E-state index contributed by atoms with van der Waals surface area (Å²) in [6.45, 7) is -1.62. The van der Waals surface area contributed by atoms with Gasteiger partial charge < -0.3 is 30.7 Å². The van der Waals surface area contributed by atoms with Crippen LogP contribution in [0.25, 0.3) is 34.3 Å². The molecule has 6 aromatic heterocycles. The second kappa shape index (κ2) is 21.3. The van der Waals surface area contributed by atoms with Gasteiger partial charge in [-0.05, 0) is 23.3 Å². The van der Waals surface area contributed by atoms with Crippen LogP contribution >= 0.6 is 11.6 Å². The zero-order valence-electron chi connectivity index (χ0n) is 34.6. The van der Waals surface area contributed by atoms with E-state index in [1.807, 2.05) is 0 Å². The predicted molar refractivity (Wildman–Crippen MR) is 222 cm³/mol. The van der Waals surface area contributed by atoms with Crippen molar-refractivity contribution in [1.82, 2.24) is 59.1 Å². The topological polar surface area (TPSA) is 235 Å². The molecule has 0 aliphatic heterocycles. The minimum Gasteiger partial charge on any atom is -0.492 e. The molecule has 0 saturated carbocycles. The zero-order valence-corrected chi connectivity index (χ0v) is 35.4. The summed E-state index contributed by atoms with van der Waals surface area (Å²) >= 11 is 6.08. The second-order valence-corrected chi connectivity index (χ2v) is 14.0. The number of alkyl halides is 6. The number of nitrogens with one attached hydrogen (secondary N) is 1. The van der Waals surface area contributed by atoms with Crippen molar-refractivity contribution in [1.29, 1.82) is 0 Å². The van der Waals surface area contributed by atoms with Gasteiger partial charge in [0.15, 0.2) is 57.6 Å². The average Bonchev–Trinajstić information content (AvgIpc) is 4.00. The number of halogens is 9. The van der Waals surface area contributed by atoms with E-state index in [2.05, 4.69) is 61.1 Å². The van der Waals surface area contributed by atoms with Gasteiger partial charge in [0.05, 0.1) is 56.9 Å². The lowest BCUT2D eigenvalue weighted by Gasteiger charge is -2.17. The molecule has 0 spiro atoms. The Hall–Kier alpha value is -7.29. The largest absolute Gasteiger partial charge is 0.492 e. The number of aliphatic hydroxyl groups is 2. The van der Waals surface area contributed by atoms with Crippen molar-refractivity contribution in [2.24, 2.45) is 5.73 Å². The summed E-state index contributed by atoms with van der Waals surface area (Å²) in [6, 6.07) is 12.8. The highest BCUT2D eigenvalue weighted by Gasteiger charge is 2.38. The molecular weight excluding hydrogens is 928 g/mol. The molecule has 18 nitrogen and oxygen atoms in total. The molecule has 27 heteroatoms. The minimum absolute atomic E-state index is 0.0481. The molecule has 0 amide bonds. The highest BCUT2D eigenvalue weighted by molar-refractivity contribution is 6.30. The first-order valence-electron chi connectivity index (χ1n) is 19.2. The van der Waals surface area contributed by atoms with E-state index in [-0.39, 0.29) is 46.9 Å². The van der Waals surface area contributed by atoms with Gasteiger partial charge in [-0.2, -0.15) is 36.5 Å². The van der Waals surface area contributed by atoms with Crippen LogP contribution in [0.3, 0.4) is 0 Å². The first-order valence-corrected chi connectivity index (χ1v) is 19.5. The van der Waals surface area contributed by atoms with Gasteiger partial charge in [0.2, 0.25) is 0 Å². The number of rotatable bonds is 12. The Balaban J connectivity index is 0.000000194. The zero-order chi connectivity index (χ0) is 48.5. The third kappa shape index (κ3) is 12.3. The van der Waals surface area contributed by atoms with E-state index < -0.39 is 43.5 Å². The summed E-state index contributed by atoms with van der Waals surface area (Å²) in [5.74, 6) is 0.0150. The van der Waals surface area contributed by atoms with E-state index in [0.717, 1.165) is 0 Å². The fraction of sp³-hybridized carbons (Fsp3) is 0.250. The van der Waals surface area contributed by atoms with Crippen LogP contribution in [0.4, 0.5) is 40.9 Å². The van der Waals surface area contributed by atoms with Crippen molar-refractivity contribution in [3.05, 3.63) is 125 Å². The molecule has 2 atom stereocenters. The van der Waals surface area contributed by atoms with Gasteiger partial charge >= 0.3 is 12.4 Å². The molecule has 0 aliphatic rings. The van der Waals surface area contributed by atoms with Gasteiger partial charge in [0.1, 0.15) is 35.7 Å². The fourth-order valence-electron chi connectivity index (χ4n) is 5.70. The number of aliphatic hydroxyl groups excluding tert-OH is 2. The van der Waals surface area contributed by atoms with Crippen LogP contribution in [0.1, 0.15) is 22.5 Å². The number of ether oxygens (including phenoxy) is 2. The summed E-state index contributed by atoms with van der Waals surface area (Å²) in [6.07, 6.45) is -5.38. The molecule has 0 radical (unpaired) electrons. The Morgan fingerprint density at radius 2 is 1.13 bits per heavy atom. The Morgan fingerprint density at radius 1 is 0.672 bits per heavy atom. The normalized spacial score (nSPS) is 12.4. The third-order valence-corrected chi connectivity index (χ3v) is 9.37. The van der Waals surface area contributed by atoms with Gasteiger partial charge in [-0.1, -0.05) is 48.0 Å². The Kier molecular flexibility index (Phi) is 15.7. The maximum absolute atomic E-state index is 14.2. The van der Waals surface area contributed by atoms with E-state index in [1.165, 1.54) is 62.1 Å². The van der Waals surface area contributed by atoms with Crippen molar-refractivity contribution in [3.63, 3.8) is 0 Å². The van der Waals surface area contributed by atoms with Crippen LogP contribution in [0.15, 0.2) is 86.0 Å². The molecular formula is C40H35ClF8N14O4. The summed E-state index contributed by atoms with van der Waals surface area (Å²) in [5.41, 5.74) is 7.96. The lowest BCUT2D eigenvalue weighted by atomic mass is 10.1. The molecule has 2 aromatic carbocycles. The van der Waals surface area contributed by atoms with Gasteiger partial charge in [-0.25, -0.2) is 57.7 Å². The van der Waals surface area contributed by atoms with Crippen LogP contribution in [0.5, 0.6) is 11.5 Å². The highest BCUT2D eigenvalue weighted by Crippen LogP contribution is 2.28. The average molecular weight is 963 g/mol. The van der Waals surface area contributed by atoms with Crippen molar-refractivity contribution >= 4 is 28.7 Å². The van der Waals surface area contributed by atoms with Gasteiger partial charge in [0.25, 0.3) is 0 Å². The quantitative estimate of drug-likeness (QED) is 0.0875. The number of hydrogen-bond donors (Lipinski definition) is 4. The first kappa shape index (κ1) is 49.2. The van der Waals surface area contributed by atoms with Crippen molar-refractivity contribution < 1.29 is 54.8 Å². The Morgan fingerprint density at radius 3 is 1.55 bits per heavy atom. The van der Waals surface area contributed by atoms with E-state index in [0.29, 0.717) is 51.1 Å². The number of nitrogens with two attached hydrogens (primary N) is 1. The first-order chi connectivity index (χ1) is 31.9. The third-order valence-electron chi connectivity index (χ3n) is 9.10. The molecule has 8 aromatic rings. The number of benzene rings is 2. The summed E-state index contributed by atoms with van der Waals surface area (Å²) in [4.78, 5) is 34.2. The molecule has 0 bridgehead atoms. The minimum atomic E-state index is -4.79. The maximum atomic E-state index is 14.2. The second-order valence-electron chi connectivity index (χ2n) is 13.6. The Bertz CT molecular complexity index is 2940. The SMILES string of the molecule is COc1cnc(-c2cn3ncnc3c(Cc3ccccc3F)n2)nc1Cl.COc1cnc(-c2cn3ncnc3c(Cc3ccccc3F)n2)nc1NCC(O)C(F)(F)F.NCC(O)C(F)(F)F. The molecule has 8 rings (SSSR count). The summed E-state index contributed by atoms with van der Waals surface area (Å²) < 4.78 is 113. The summed E-state index contributed by atoms with van der Waals surface area (Å²) in [5, 5.41) is 28.0. The molecule has 0 saturated heterocycles. The predicted octanol–water partition coefficient (Wildman–Crippen LogP) is 5.50. The van der Waals surface area contributed by atoms with E-state index in [4.69, 9.17) is 26.2 Å². The molecule has 2 unspecified atom stereocenters. The van der Waals surface area contributed by atoms with E-state index >= 15 is 0 Å². The standard InChI is InChI=1S/C20H17F4N7O2.C17H12ClFN6O.C3H6F3NO/c1-33-15-7-25-17(30-18(15)26-8-16(32)20(22,23)24)14-9-31-19(27-10-28-31)13(29-14)6-11-4-2-3-5-12(11)21;1-26-14-7-20-16(24-15(14)18)13-8-25-17(21-9-22-25)12(23-13)6-10-4-2-3-5-11(10)19;4-3(5,6)2(8)1-7/h2-5,7,9-10,16,32H,6,8H2,1H3,(H,25,26,30);2-5,7-9H,6H2,1H3;2,8H,1,7H2. The van der Waals surface area contributed by atoms with E-state index in [1.54, 1.807) is 47.1 Å². The van der Waals surface area contributed by atoms with Gasteiger partial charge in [-0.3, -0.25) is 0 Å². The number of anilines is 1. The molecule has 0 aliphatic carbocycles. The number of hydrogen-bond acceptors (Lipinski definition) is 16. The molecule has 67 heavy (non-hydrogen) atoms. The van der Waals surface area contributed by atoms with E-state index in [9.17, 15) is 40.2 Å². The summed E-state index contributed by atoms with van der Waals surface area (Å²) in [7, 11) is 2.78. The Labute approximate surface area is 377 Å². The number of methoxy groups -OCH3 is 2. The molecule has 5 N–H and O–H groups in total. The van der Waals surface area contributed by atoms with Crippen molar-refractivity contribution in [2.45, 2.75) is 37.4 Å². The van der Waals surface area contributed by atoms with Gasteiger partial charge in [0, 0.05) is 19.4 Å². The van der Waals surface area contributed by atoms with Crippen LogP contribution in [0.2, 0.25) is 5.15 Å². The molecule has 0 fully saturated rings. The molecule has 6 heterocycles. The van der Waals surface area contributed by atoms with Gasteiger partial charge in [-0.15, -0.1) is 0 Å². The van der Waals surface area contributed by atoms with Crippen LogP contribution in [0, 0.1) is 11.6 Å². The maximum Gasteiger partial charge on any atom is 0.416 e. The number of aromatic nitrogens is 12. The lowest BCUT2D eigenvalue weighted by Crippen LogP contribution is -2.35. The van der Waals surface area contributed by atoms with Crippen LogP contribution in [-0.4, -0.2) is 121 Å².